The van der Waals surface area contributed by atoms with Crippen LogP contribution in [0.5, 0.6) is 5.75 Å². The summed E-state index contributed by atoms with van der Waals surface area (Å²) >= 11 is 6.45. The van der Waals surface area contributed by atoms with Crippen molar-refractivity contribution in [2.24, 2.45) is 17.1 Å². The zero-order valence-electron chi connectivity index (χ0n) is 33.5. The second kappa shape index (κ2) is 16.3. The molecule has 59 heavy (non-hydrogen) atoms. The second-order valence-electron chi connectivity index (χ2n) is 17.0. The van der Waals surface area contributed by atoms with Gasteiger partial charge in [-0.25, -0.2) is 9.66 Å². The van der Waals surface area contributed by atoms with Crippen molar-refractivity contribution in [3.63, 3.8) is 0 Å². The van der Waals surface area contributed by atoms with Gasteiger partial charge in [0.15, 0.2) is 5.82 Å². The molecular weight excluding hydrogens is 766 g/mol. The fourth-order valence-electron chi connectivity index (χ4n) is 9.49. The summed E-state index contributed by atoms with van der Waals surface area (Å²) in [5, 5.41) is 6.16. The van der Waals surface area contributed by atoms with Crippen molar-refractivity contribution >= 4 is 40.7 Å². The smallest absolute Gasteiger partial charge is 0.268 e. The third-order valence-electron chi connectivity index (χ3n) is 12.8. The second-order valence-corrected chi connectivity index (χ2v) is 17.4. The number of fused-ring (bicyclic) bond motifs is 2. The topological polar surface area (TPSA) is 160 Å². The maximum Gasteiger partial charge on any atom is 0.268 e. The summed E-state index contributed by atoms with van der Waals surface area (Å²) in [5.41, 5.74) is 17.1. The Morgan fingerprint density at radius 3 is 2.54 bits per heavy atom. The van der Waals surface area contributed by atoms with Crippen molar-refractivity contribution in [1.82, 2.24) is 30.2 Å². The van der Waals surface area contributed by atoms with E-state index in [0.29, 0.717) is 47.3 Å². The van der Waals surface area contributed by atoms with Crippen LogP contribution in [0, 0.1) is 11.3 Å². The Hall–Kier alpha value is -5.40. The molecule has 10 rings (SSSR count). The Morgan fingerprint density at radius 1 is 1.02 bits per heavy atom. The van der Waals surface area contributed by atoms with Gasteiger partial charge in [-0.05, 0) is 116 Å². The predicted octanol–water partition coefficient (Wildman–Crippen LogP) is 5.97. The SMILES string of the molecule is C1CC1.CNC1=CC(N2CCc3c(-c4ccc(CN5CCC6(CC5)CC(COc5ccc(Cl)c(C7CCC(=O)NC7=O)c5)C6)cn4)cccc32)Nn2c(C(N)=O)cnc21. The van der Waals surface area contributed by atoms with Crippen LogP contribution in [0.2, 0.25) is 5.02 Å². The highest BCUT2D eigenvalue weighted by molar-refractivity contribution is 6.31. The molecule has 2 aromatic heterocycles. The van der Waals surface area contributed by atoms with Crippen LogP contribution in [0.3, 0.4) is 0 Å². The minimum atomic E-state index is -0.536. The molecule has 2 atom stereocenters. The minimum absolute atomic E-state index is 0.205. The molecule has 1 spiro atoms. The molecule has 13 nitrogen and oxygen atoms in total. The van der Waals surface area contributed by atoms with Crippen molar-refractivity contribution in [2.45, 2.75) is 82.8 Å². The molecule has 2 unspecified atom stereocenters. The van der Waals surface area contributed by atoms with E-state index in [4.69, 9.17) is 27.1 Å². The standard InChI is InChI=1S/C42H46ClN9O4.C3H6/c1-45-34-18-37(49-52-36(39(44)54)22-47-40(34)52)51-14-11-29-28(3-2-4-35(29)51)33-9-5-25(21-46-33)23-50-15-12-42(13-16-50)19-26(20-42)24-56-27-6-8-32(43)31(17-27)30-7-10-38(53)48-41(30)55;1-2-3-1/h2-6,8-9,17-18,21-22,26,30,37,45,49H,7,10-16,19-20,23-24H2,1H3,(H2,44,54)(H,48,53,55);1-3H2. The maximum absolute atomic E-state index is 12.4. The third-order valence-corrected chi connectivity index (χ3v) is 13.1. The van der Waals surface area contributed by atoms with Gasteiger partial charge >= 0.3 is 0 Å². The van der Waals surface area contributed by atoms with E-state index in [9.17, 15) is 14.4 Å². The summed E-state index contributed by atoms with van der Waals surface area (Å²) in [7, 11) is 1.85. The van der Waals surface area contributed by atoms with Crippen LogP contribution < -0.4 is 31.4 Å². The number of hydrogen-bond donors (Lipinski definition) is 4. The number of nitrogens with two attached hydrogens (primary N) is 1. The van der Waals surface area contributed by atoms with E-state index in [1.165, 1.54) is 62.3 Å². The number of rotatable bonds is 10. The molecule has 5 N–H and O–H groups in total. The lowest BCUT2D eigenvalue weighted by molar-refractivity contribution is -0.134. The molecule has 2 saturated carbocycles. The molecule has 4 aliphatic heterocycles. The summed E-state index contributed by atoms with van der Waals surface area (Å²) in [4.78, 5) is 50.4. The summed E-state index contributed by atoms with van der Waals surface area (Å²) in [6.45, 7) is 4.50. The normalized spacial score (nSPS) is 21.9. The predicted molar refractivity (Wildman–Crippen MR) is 227 cm³/mol. The van der Waals surface area contributed by atoms with E-state index < -0.39 is 11.8 Å². The first-order chi connectivity index (χ1) is 28.7. The number of halogens is 1. The van der Waals surface area contributed by atoms with Crippen LogP contribution in [0.4, 0.5) is 5.69 Å². The average molecular weight is 818 g/mol. The summed E-state index contributed by atoms with van der Waals surface area (Å²) in [5.74, 6) is 0.356. The molecule has 4 aromatic rings. The fourth-order valence-corrected chi connectivity index (χ4v) is 9.74. The number of likely N-dealkylation sites (tertiary alicyclic amines) is 1. The van der Waals surface area contributed by atoms with Crippen LogP contribution in [-0.4, -0.2) is 76.7 Å². The lowest BCUT2D eigenvalue weighted by atomic mass is 9.58. The number of benzene rings is 2. The number of piperidine rings is 2. The molecule has 4 fully saturated rings. The first-order valence-electron chi connectivity index (χ1n) is 21.0. The molecule has 0 radical (unpaired) electrons. The Bertz CT molecular complexity index is 2270. The van der Waals surface area contributed by atoms with Gasteiger partial charge in [0.1, 0.15) is 17.6 Å². The number of anilines is 1. The Balaban J connectivity index is 0.00000143. The van der Waals surface area contributed by atoms with Crippen LogP contribution in [-0.2, 0) is 22.6 Å². The number of amides is 3. The van der Waals surface area contributed by atoms with Crippen molar-refractivity contribution in [3.8, 4) is 17.0 Å². The lowest BCUT2D eigenvalue weighted by Gasteiger charge is -2.52. The van der Waals surface area contributed by atoms with E-state index >= 15 is 0 Å². The zero-order valence-corrected chi connectivity index (χ0v) is 34.3. The van der Waals surface area contributed by atoms with Gasteiger partial charge in [-0.3, -0.25) is 35.0 Å². The first-order valence-corrected chi connectivity index (χ1v) is 21.4. The molecule has 6 aliphatic rings. The zero-order chi connectivity index (χ0) is 40.7. The summed E-state index contributed by atoms with van der Waals surface area (Å²) in [6, 6.07) is 16.3. The van der Waals surface area contributed by atoms with Gasteiger partial charge in [0.25, 0.3) is 5.91 Å². The monoisotopic (exact) mass is 817 g/mol. The van der Waals surface area contributed by atoms with Crippen LogP contribution in [0.15, 0.2) is 67.0 Å². The number of imidazole rings is 1. The molecule has 14 heteroatoms. The number of nitrogens with one attached hydrogen (secondary N) is 3. The molecule has 2 aliphatic carbocycles. The van der Waals surface area contributed by atoms with Gasteiger partial charge in [0, 0.05) is 49.0 Å². The highest BCUT2D eigenvalue weighted by Gasteiger charge is 2.46. The third kappa shape index (κ3) is 8.14. The average Bonchev–Trinajstić information content (AvgIpc) is 3.95. The van der Waals surface area contributed by atoms with Crippen molar-refractivity contribution in [3.05, 3.63) is 100 Å². The van der Waals surface area contributed by atoms with Gasteiger partial charge in [-0.15, -0.1) is 0 Å². The largest absolute Gasteiger partial charge is 0.493 e. The molecule has 2 aromatic carbocycles. The highest BCUT2D eigenvalue weighted by Crippen LogP contribution is 2.53. The molecule has 308 valence electrons. The number of pyridine rings is 1. The quantitative estimate of drug-likeness (QED) is 0.141. The van der Waals surface area contributed by atoms with E-state index in [1.807, 2.05) is 25.4 Å². The number of ether oxygens (including phenoxy) is 1. The Labute approximate surface area is 349 Å². The van der Waals surface area contributed by atoms with E-state index in [0.717, 1.165) is 66.6 Å². The number of carbonyl (C=O) groups is 3. The minimum Gasteiger partial charge on any atom is -0.493 e. The molecule has 2 saturated heterocycles. The number of aromatic nitrogens is 3. The van der Waals surface area contributed by atoms with Gasteiger partial charge in [-0.2, -0.15) is 0 Å². The highest BCUT2D eigenvalue weighted by atomic mass is 35.5. The van der Waals surface area contributed by atoms with Gasteiger partial charge in [0.05, 0.1) is 30.1 Å². The van der Waals surface area contributed by atoms with Gasteiger partial charge in [0.2, 0.25) is 11.8 Å². The van der Waals surface area contributed by atoms with E-state index in [1.54, 1.807) is 10.7 Å². The van der Waals surface area contributed by atoms with Crippen molar-refractivity contribution in [1.29, 1.82) is 0 Å². The molecule has 3 amide bonds. The van der Waals surface area contributed by atoms with E-state index in [2.05, 4.69) is 67.3 Å². The number of primary amides is 1. The summed E-state index contributed by atoms with van der Waals surface area (Å²) < 4.78 is 7.89. The van der Waals surface area contributed by atoms with E-state index in [-0.39, 0.29) is 18.0 Å². The van der Waals surface area contributed by atoms with Crippen LogP contribution >= 0.6 is 11.6 Å². The number of nitrogens with zero attached hydrogens (tertiary/aromatic N) is 5. The first kappa shape index (κ1) is 39.1. The molecule has 0 bridgehead atoms. The fraction of sp³-hybridized carbons (Fsp3) is 0.444. The molecule has 6 heterocycles. The Kier molecular flexibility index (Phi) is 10.8. The maximum atomic E-state index is 12.4. The Morgan fingerprint density at radius 2 is 1.83 bits per heavy atom. The molecular formula is C45H52ClN9O4. The lowest BCUT2D eigenvalue weighted by Crippen LogP contribution is -2.48. The van der Waals surface area contributed by atoms with Crippen LogP contribution in [0.1, 0.15) is 96.7 Å². The number of imide groups is 1. The summed E-state index contributed by atoms with van der Waals surface area (Å²) in [6.07, 6.45) is 16.3. The number of carbonyl (C=O) groups excluding carboxylic acids is 3. The van der Waals surface area contributed by atoms with Crippen LogP contribution in [0.25, 0.3) is 17.0 Å². The van der Waals surface area contributed by atoms with Crippen molar-refractivity contribution in [2.75, 3.05) is 43.6 Å². The van der Waals surface area contributed by atoms with Crippen molar-refractivity contribution < 1.29 is 19.1 Å². The van der Waals surface area contributed by atoms with Gasteiger partial charge in [-0.1, -0.05) is 49.1 Å². The number of hydrogen-bond acceptors (Lipinski definition) is 10. The van der Waals surface area contributed by atoms with Gasteiger partial charge < -0.3 is 20.7 Å².